The van der Waals surface area contributed by atoms with Gasteiger partial charge in [-0.05, 0) is 13.8 Å². The van der Waals surface area contributed by atoms with Crippen LogP contribution < -0.4 is 10.6 Å². The van der Waals surface area contributed by atoms with Crippen molar-refractivity contribution < 1.29 is 4.79 Å². The minimum absolute atomic E-state index is 0.129. The van der Waals surface area contributed by atoms with E-state index in [1.54, 1.807) is 20.9 Å². The third kappa shape index (κ3) is 2.08. The Kier molecular flexibility index (Phi) is 3.33. The molecule has 0 aromatic carbocycles. The van der Waals surface area contributed by atoms with E-state index in [1.807, 2.05) is 0 Å². The topological polar surface area (TPSA) is 84.2 Å². The highest BCUT2D eigenvalue weighted by Crippen LogP contribution is 2.22. The quantitative estimate of drug-likeness (QED) is 0.798. The number of hydrogen-bond donors (Lipinski definition) is 2. The maximum Gasteiger partial charge on any atom is 0.255 e. The highest BCUT2D eigenvalue weighted by Gasteiger charge is 2.17. The number of hydrogen-bond acceptors (Lipinski definition) is 5. The van der Waals surface area contributed by atoms with Crippen LogP contribution in [0.5, 0.6) is 0 Å². The predicted molar refractivity (Wildman–Crippen MR) is 67.7 cm³/mol. The summed E-state index contributed by atoms with van der Waals surface area (Å²) in [5.41, 5.74) is 0.713. The molecule has 0 saturated heterocycles. The van der Waals surface area contributed by atoms with Gasteiger partial charge in [-0.3, -0.25) is 4.79 Å². The summed E-state index contributed by atoms with van der Waals surface area (Å²) >= 11 is 6.01. The smallest absolute Gasteiger partial charge is 0.255 e. The summed E-state index contributed by atoms with van der Waals surface area (Å²) in [6.45, 7) is 3.55. The molecule has 1 atom stereocenters. The van der Waals surface area contributed by atoms with E-state index in [1.165, 1.54) is 10.8 Å². The van der Waals surface area contributed by atoms with Crippen LogP contribution in [0.1, 0.15) is 12.5 Å². The number of rotatable bonds is 3. The van der Waals surface area contributed by atoms with Crippen molar-refractivity contribution in [2.45, 2.75) is 19.9 Å². The summed E-state index contributed by atoms with van der Waals surface area (Å²) in [5, 5.41) is 10.0. The summed E-state index contributed by atoms with van der Waals surface area (Å²) < 4.78 is 1.51. The average molecular weight is 269 g/mol. The van der Waals surface area contributed by atoms with Crippen molar-refractivity contribution >= 4 is 29.1 Å². The standard InChI is InChI=1S/C10H13ClN6O/c1-5-7(11)16-10-13-4-14-17(10)8(5)15-6(2)9(18)12-3/h4,6,15H,1-3H3,(H,12,18). The van der Waals surface area contributed by atoms with Crippen LogP contribution in [0.15, 0.2) is 6.33 Å². The maximum absolute atomic E-state index is 11.5. The molecule has 1 unspecified atom stereocenters. The molecule has 0 saturated carbocycles. The number of amides is 1. The van der Waals surface area contributed by atoms with Crippen molar-refractivity contribution in [3.63, 3.8) is 0 Å². The fourth-order valence-corrected chi connectivity index (χ4v) is 1.72. The van der Waals surface area contributed by atoms with Crippen molar-refractivity contribution in [2.75, 3.05) is 12.4 Å². The van der Waals surface area contributed by atoms with Crippen LogP contribution in [0.25, 0.3) is 5.78 Å². The molecule has 0 aliphatic carbocycles. The van der Waals surface area contributed by atoms with Gasteiger partial charge in [0, 0.05) is 12.6 Å². The molecular formula is C10H13ClN6O. The first-order valence-electron chi connectivity index (χ1n) is 5.38. The van der Waals surface area contributed by atoms with Gasteiger partial charge in [0.15, 0.2) is 0 Å². The zero-order valence-corrected chi connectivity index (χ0v) is 11.0. The SMILES string of the molecule is CNC(=O)C(C)Nc1c(C)c(Cl)nc2ncnn12. The first-order valence-corrected chi connectivity index (χ1v) is 5.76. The number of halogens is 1. The zero-order chi connectivity index (χ0) is 13.3. The van der Waals surface area contributed by atoms with Crippen molar-refractivity contribution in [2.24, 2.45) is 0 Å². The summed E-state index contributed by atoms with van der Waals surface area (Å²) in [5.74, 6) is 0.867. The molecule has 96 valence electrons. The van der Waals surface area contributed by atoms with Gasteiger partial charge in [-0.2, -0.15) is 19.6 Å². The molecule has 2 N–H and O–H groups in total. The Hall–Kier alpha value is -1.89. The number of carbonyl (C=O) groups excluding carboxylic acids is 1. The molecule has 8 heteroatoms. The van der Waals surface area contributed by atoms with Crippen molar-refractivity contribution in [1.82, 2.24) is 24.9 Å². The van der Waals surface area contributed by atoms with E-state index < -0.39 is 6.04 Å². The lowest BCUT2D eigenvalue weighted by Gasteiger charge is -2.16. The first kappa shape index (κ1) is 12.6. The van der Waals surface area contributed by atoms with Crippen LogP contribution in [-0.4, -0.2) is 38.6 Å². The average Bonchev–Trinajstić information content (AvgIpc) is 2.81. The number of fused-ring (bicyclic) bond motifs is 1. The zero-order valence-electron chi connectivity index (χ0n) is 10.2. The minimum Gasteiger partial charge on any atom is -0.358 e. The van der Waals surface area contributed by atoms with E-state index in [-0.39, 0.29) is 5.91 Å². The number of nitrogens with one attached hydrogen (secondary N) is 2. The molecule has 2 heterocycles. The van der Waals surface area contributed by atoms with Crippen molar-refractivity contribution in [3.8, 4) is 0 Å². The molecule has 0 spiro atoms. The van der Waals surface area contributed by atoms with Gasteiger partial charge in [-0.1, -0.05) is 11.6 Å². The van der Waals surface area contributed by atoms with Gasteiger partial charge in [0.25, 0.3) is 5.78 Å². The predicted octanol–water partition coefficient (Wildman–Crippen LogP) is 0.633. The lowest BCUT2D eigenvalue weighted by atomic mass is 10.3. The third-order valence-electron chi connectivity index (χ3n) is 2.60. The van der Waals surface area contributed by atoms with Gasteiger partial charge in [0.05, 0.1) is 0 Å². The minimum atomic E-state index is -0.417. The Balaban J connectivity index is 2.46. The van der Waals surface area contributed by atoms with Crippen LogP contribution in [-0.2, 0) is 4.79 Å². The van der Waals surface area contributed by atoms with Gasteiger partial charge < -0.3 is 10.6 Å². The third-order valence-corrected chi connectivity index (χ3v) is 2.97. The van der Waals surface area contributed by atoms with E-state index in [4.69, 9.17) is 11.6 Å². The Morgan fingerprint density at radius 1 is 1.56 bits per heavy atom. The Labute approximate surface area is 109 Å². The lowest BCUT2D eigenvalue weighted by Crippen LogP contribution is -2.36. The van der Waals surface area contributed by atoms with Gasteiger partial charge >= 0.3 is 0 Å². The number of likely N-dealkylation sites (N-methyl/N-ethyl adjacent to an activating group) is 1. The number of aromatic nitrogens is 4. The second kappa shape index (κ2) is 4.77. The molecule has 18 heavy (non-hydrogen) atoms. The van der Waals surface area contributed by atoms with Gasteiger partial charge in [0.2, 0.25) is 5.91 Å². The molecule has 0 radical (unpaired) electrons. The molecule has 0 bridgehead atoms. The second-order valence-corrected chi connectivity index (χ2v) is 4.19. The molecule has 0 aliphatic rings. The number of anilines is 1. The number of nitrogens with zero attached hydrogens (tertiary/aromatic N) is 4. The highest BCUT2D eigenvalue weighted by atomic mass is 35.5. The van der Waals surface area contributed by atoms with E-state index in [9.17, 15) is 4.79 Å². The van der Waals surface area contributed by atoms with Crippen LogP contribution in [0.3, 0.4) is 0 Å². The Morgan fingerprint density at radius 2 is 2.28 bits per heavy atom. The normalized spacial score (nSPS) is 12.4. The number of carbonyl (C=O) groups is 1. The van der Waals surface area contributed by atoms with Crippen LogP contribution in [0.2, 0.25) is 5.15 Å². The fraction of sp³-hybridized carbons (Fsp3) is 0.400. The largest absolute Gasteiger partial charge is 0.358 e. The summed E-state index contributed by atoms with van der Waals surface area (Å²) in [6.07, 6.45) is 1.38. The molecular weight excluding hydrogens is 256 g/mol. The van der Waals surface area contributed by atoms with E-state index in [2.05, 4.69) is 25.7 Å². The summed E-state index contributed by atoms with van der Waals surface area (Å²) in [4.78, 5) is 19.6. The van der Waals surface area contributed by atoms with Crippen LogP contribution in [0.4, 0.5) is 5.82 Å². The van der Waals surface area contributed by atoms with Gasteiger partial charge in [-0.25, -0.2) is 0 Å². The van der Waals surface area contributed by atoms with Crippen molar-refractivity contribution in [1.29, 1.82) is 0 Å². The lowest BCUT2D eigenvalue weighted by molar-refractivity contribution is -0.121. The molecule has 0 fully saturated rings. The van der Waals surface area contributed by atoms with Gasteiger partial charge in [-0.15, -0.1) is 0 Å². The Morgan fingerprint density at radius 3 is 2.94 bits per heavy atom. The second-order valence-electron chi connectivity index (χ2n) is 3.83. The molecule has 7 nitrogen and oxygen atoms in total. The molecule has 2 aromatic heterocycles. The summed E-state index contributed by atoms with van der Waals surface area (Å²) in [6, 6.07) is -0.417. The van der Waals surface area contributed by atoms with Gasteiger partial charge in [0.1, 0.15) is 23.3 Å². The van der Waals surface area contributed by atoms with Crippen LogP contribution in [0, 0.1) is 6.92 Å². The fourth-order valence-electron chi connectivity index (χ4n) is 1.55. The van der Waals surface area contributed by atoms with E-state index >= 15 is 0 Å². The van der Waals surface area contributed by atoms with Crippen molar-refractivity contribution in [3.05, 3.63) is 17.0 Å². The maximum atomic E-state index is 11.5. The monoisotopic (exact) mass is 268 g/mol. The molecule has 2 aromatic rings. The first-order chi connectivity index (χ1) is 8.54. The molecule has 1 amide bonds. The van der Waals surface area contributed by atoms with E-state index in [0.29, 0.717) is 22.3 Å². The van der Waals surface area contributed by atoms with Crippen LogP contribution >= 0.6 is 11.6 Å². The molecule has 2 rings (SSSR count). The summed E-state index contributed by atoms with van der Waals surface area (Å²) in [7, 11) is 1.58. The van der Waals surface area contributed by atoms with E-state index in [0.717, 1.165) is 0 Å². The Bertz CT molecular complexity index is 595. The highest BCUT2D eigenvalue weighted by molar-refractivity contribution is 6.30. The molecule has 0 aliphatic heterocycles.